The van der Waals surface area contributed by atoms with Gasteiger partial charge in [-0.15, -0.1) is 0 Å². The number of likely N-dealkylation sites (N-methyl/N-ethyl adjacent to an activating group) is 1. The van der Waals surface area contributed by atoms with Crippen molar-refractivity contribution in [3.05, 3.63) is 42.5 Å². The standard InChI is InChI=1S/C19H20F2N2O4/c1-12(24)23(2)11-18(25)22-14-6-9-17(27-19(20)21)16(10-14)13-4-7-15(26-3)8-5-13/h4-10,19H,11H2,1-3H3,(H,22,25). The average molecular weight is 378 g/mol. The third-order valence-corrected chi connectivity index (χ3v) is 3.80. The number of rotatable bonds is 7. The highest BCUT2D eigenvalue weighted by Gasteiger charge is 2.14. The van der Waals surface area contributed by atoms with Gasteiger partial charge in [0.1, 0.15) is 11.5 Å². The molecule has 6 nitrogen and oxygen atoms in total. The van der Waals surface area contributed by atoms with Gasteiger partial charge in [0.05, 0.1) is 13.7 Å². The van der Waals surface area contributed by atoms with Gasteiger partial charge in [-0.2, -0.15) is 8.78 Å². The van der Waals surface area contributed by atoms with Crippen LogP contribution in [0.25, 0.3) is 11.1 Å². The molecular formula is C19H20F2N2O4. The molecule has 8 heteroatoms. The summed E-state index contributed by atoms with van der Waals surface area (Å²) in [5.41, 5.74) is 1.39. The normalized spacial score (nSPS) is 10.4. The van der Waals surface area contributed by atoms with Crippen LogP contribution in [-0.2, 0) is 9.59 Å². The van der Waals surface area contributed by atoms with Gasteiger partial charge in [-0.05, 0) is 35.9 Å². The molecule has 0 spiro atoms. The Labute approximate surface area is 155 Å². The fourth-order valence-corrected chi connectivity index (χ4v) is 2.33. The third kappa shape index (κ3) is 5.67. The molecule has 144 valence electrons. The van der Waals surface area contributed by atoms with Crippen LogP contribution in [-0.4, -0.2) is 44.0 Å². The largest absolute Gasteiger partial charge is 0.497 e. The van der Waals surface area contributed by atoms with E-state index in [1.54, 1.807) is 24.3 Å². The predicted molar refractivity (Wildman–Crippen MR) is 97.0 cm³/mol. The lowest BCUT2D eigenvalue weighted by Gasteiger charge is -2.16. The van der Waals surface area contributed by atoms with Gasteiger partial charge in [0.2, 0.25) is 11.8 Å². The van der Waals surface area contributed by atoms with Crippen LogP contribution in [0.3, 0.4) is 0 Å². The van der Waals surface area contributed by atoms with Crippen LogP contribution in [0.5, 0.6) is 11.5 Å². The molecule has 0 atom stereocenters. The number of benzene rings is 2. The Bertz CT molecular complexity index is 810. The first kappa shape index (κ1) is 20.2. The first-order chi connectivity index (χ1) is 12.8. The molecule has 0 saturated heterocycles. The lowest BCUT2D eigenvalue weighted by molar-refractivity contribution is -0.131. The zero-order chi connectivity index (χ0) is 20.0. The Kier molecular flexibility index (Phi) is 6.70. The fraction of sp³-hybridized carbons (Fsp3) is 0.263. The maximum Gasteiger partial charge on any atom is 0.387 e. The van der Waals surface area contributed by atoms with Gasteiger partial charge in [0.15, 0.2) is 0 Å². The molecular weight excluding hydrogens is 358 g/mol. The van der Waals surface area contributed by atoms with E-state index < -0.39 is 12.5 Å². The van der Waals surface area contributed by atoms with Crippen molar-refractivity contribution in [1.29, 1.82) is 0 Å². The molecule has 27 heavy (non-hydrogen) atoms. The van der Waals surface area contributed by atoms with E-state index in [1.807, 2.05) is 0 Å². The first-order valence-corrected chi connectivity index (χ1v) is 8.05. The number of carbonyl (C=O) groups is 2. The molecule has 2 aromatic carbocycles. The van der Waals surface area contributed by atoms with Gasteiger partial charge >= 0.3 is 6.61 Å². The Morgan fingerprint density at radius 3 is 2.37 bits per heavy atom. The Morgan fingerprint density at radius 1 is 1.15 bits per heavy atom. The number of anilines is 1. The molecule has 0 unspecified atom stereocenters. The summed E-state index contributed by atoms with van der Waals surface area (Å²) in [7, 11) is 3.03. The second kappa shape index (κ2) is 8.98. The predicted octanol–water partition coefficient (Wildman–Crippen LogP) is 3.38. The van der Waals surface area contributed by atoms with E-state index in [0.29, 0.717) is 22.6 Å². The second-order valence-corrected chi connectivity index (χ2v) is 5.74. The summed E-state index contributed by atoms with van der Waals surface area (Å²) in [6, 6.07) is 11.1. The topological polar surface area (TPSA) is 67.9 Å². The lowest BCUT2D eigenvalue weighted by atomic mass is 10.0. The molecule has 0 aromatic heterocycles. The van der Waals surface area contributed by atoms with Crippen molar-refractivity contribution < 1.29 is 27.8 Å². The van der Waals surface area contributed by atoms with E-state index in [-0.39, 0.29) is 18.2 Å². The number of hydrogen-bond donors (Lipinski definition) is 1. The molecule has 0 aliphatic heterocycles. The Balaban J connectivity index is 2.30. The van der Waals surface area contributed by atoms with Crippen molar-refractivity contribution in [3.63, 3.8) is 0 Å². The summed E-state index contributed by atoms with van der Waals surface area (Å²) in [5.74, 6) is -0.0542. The summed E-state index contributed by atoms with van der Waals surface area (Å²) >= 11 is 0. The fourth-order valence-electron chi connectivity index (χ4n) is 2.33. The zero-order valence-corrected chi connectivity index (χ0v) is 15.2. The third-order valence-electron chi connectivity index (χ3n) is 3.80. The molecule has 1 N–H and O–H groups in total. The van der Waals surface area contributed by atoms with E-state index in [2.05, 4.69) is 10.1 Å². The molecule has 0 radical (unpaired) electrons. The maximum absolute atomic E-state index is 12.7. The van der Waals surface area contributed by atoms with Gasteiger partial charge in [-0.1, -0.05) is 12.1 Å². The highest BCUT2D eigenvalue weighted by atomic mass is 19.3. The monoisotopic (exact) mass is 378 g/mol. The number of carbonyl (C=O) groups excluding carboxylic acids is 2. The van der Waals surface area contributed by atoms with E-state index in [0.717, 1.165) is 0 Å². The number of halogens is 2. The quantitative estimate of drug-likeness (QED) is 0.802. The van der Waals surface area contributed by atoms with Crippen molar-refractivity contribution >= 4 is 17.5 Å². The summed E-state index contributed by atoms with van der Waals surface area (Å²) in [5, 5.41) is 2.64. The molecule has 0 saturated carbocycles. The van der Waals surface area contributed by atoms with Crippen LogP contribution < -0.4 is 14.8 Å². The molecule has 0 heterocycles. The van der Waals surface area contributed by atoms with E-state index in [4.69, 9.17) is 4.74 Å². The van der Waals surface area contributed by atoms with E-state index in [1.165, 1.54) is 44.2 Å². The van der Waals surface area contributed by atoms with E-state index in [9.17, 15) is 18.4 Å². The number of hydrogen-bond acceptors (Lipinski definition) is 4. The number of amides is 2. The SMILES string of the molecule is COc1ccc(-c2cc(NC(=O)CN(C)C(C)=O)ccc2OC(F)F)cc1. The smallest absolute Gasteiger partial charge is 0.387 e. The number of alkyl halides is 2. The minimum Gasteiger partial charge on any atom is -0.497 e. The van der Waals surface area contributed by atoms with Crippen LogP contribution in [0.4, 0.5) is 14.5 Å². The van der Waals surface area contributed by atoms with Crippen molar-refractivity contribution in [1.82, 2.24) is 4.90 Å². The summed E-state index contributed by atoms with van der Waals surface area (Å²) in [6.45, 7) is -1.75. The van der Waals surface area contributed by atoms with Gasteiger partial charge < -0.3 is 19.7 Å². The maximum atomic E-state index is 12.7. The number of nitrogens with zero attached hydrogens (tertiary/aromatic N) is 1. The van der Waals surface area contributed by atoms with Gasteiger partial charge in [-0.25, -0.2) is 0 Å². The minimum atomic E-state index is -2.98. The molecule has 0 fully saturated rings. The van der Waals surface area contributed by atoms with Crippen LogP contribution in [0.15, 0.2) is 42.5 Å². The molecule has 0 aliphatic carbocycles. The molecule has 2 amide bonds. The highest BCUT2D eigenvalue weighted by Crippen LogP contribution is 2.34. The van der Waals surface area contributed by atoms with Crippen LogP contribution in [0.1, 0.15) is 6.92 Å². The van der Waals surface area contributed by atoms with Gasteiger partial charge in [0, 0.05) is 25.2 Å². The van der Waals surface area contributed by atoms with Crippen molar-refractivity contribution in [2.75, 3.05) is 26.0 Å². The van der Waals surface area contributed by atoms with Crippen molar-refractivity contribution in [3.8, 4) is 22.6 Å². The summed E-state index contributed by atoms with van der Waals surface area (Å²) in [4.78, 5) is 24.5. The first-order valence-electron chi connectivity index (χ1n) is 8.05. The number of methoxy groups -OCH3 is 1. The number of nitrogens with one attached hydrogen (secondary N) is 1. The molecule has 0 bridgehead atoms. The van der Waals surface area contributed by atoms with Gasteiger partial charge in [0.25, 0.3) is 0 Å². The molecule has 2 rings (SSSR count). The lowest BCUT2D eigenvalue weighted by Crippen LogP contribution is -2.33. The zero-order valence-electron chi connectivity index (χ0n) is 15.2. The van der Waals surface area contributed by atoms with Crippen LogP contribution in [0, 0.1) is 0 Å². The minimum absolute atomic E-state index is 0.0194. The van der Waals surface area contributed by atoms with Crippen molar-refractivity contribution in [2.45, 2.75) is 13.5 Å². The Morgan fingerprint density at radius 2 is 1.81 bits per heavy atom. The number of ether oxygens (including phenoxy) is 2. The average Bonchev–Trinajstić information content (AvgIpc) is 2.62. The summed E-state index contributed by atoms with van der Waals surface area (Å²) < 4.78 is 35.1. The van der Waals surface area contributed by atoms with Crippen molar-refractivity contribution in [2.24, 2.45) is 0 Å². The van der Waals surface area contributed by atoms with Crippen LogP contribution in [0.2, 0.25) is 0 Å². The molecule has 2 aromatic rings. The highest BCUT2D eigenvalue weighted by molar-refractivity contribution is 5.95. The van der Waals surface area contributed by atoms with E-state index >= 15 is 0 Å². The summed E-state index contributed by atoms with van der Waals surface area (Å²) in [6.07, 6.45) is 0. The Hall–Kier alpha value is -3.16. The van der Waals surface area contributed by atoms with Gasteiger partial charge in [-0.3, -0.25) is 9.59 Å². The molecule has 0 aliphatic rings. The van der Waals surface area contributed by atoms with Crippen LogP contribution >= 0.6 is 0 Å². The second-order valence-electron chi connectivity index (χ2n) is 5.74.